The summed E-state index contributed by atoms with van der Waals surface area (Å²) in [5, 5.41) is 21.0. The van der Waals surface area contributed by atoms with E-state index in [1.807, 2.05) is 0 Å². The SMILES string of the molecule is O=C(O)Cn1nc(C(=O)Nc2cc(Cl)c(F)c(CNC(=O)CNCCF)c2)c2ccccc21. The van der Waals surface area contributed by atoms with Gasteiger partial charge in [-0.15, -0.1) is 0 Å². The first kappa shape index (κ1) is 24.1. The molecule has 12 heteroatoms. The molecule has 0 aliphatic heterocycles. The second-order valence-corrected chi connectivity index (χ2v) is 7.35. The first-order valence-corrected chi connectivity index (χ1v) is 10.2. The summed E-state index contributed by atoms with van der Waals surface area (Å²) in [6.07, 6.45) is 0. The van der Waals surface area contributed by atoms with Crippen LogP contribution in [0.15, 0.2) is 36.4 Å². The lowest BCUT2D eigenvalue weighted by Crippen LogP contribution is -2.34. The number of hydrogen-bond acceptors (Lipinski definition) is 5. The number of fused-ring (bicyclic) bond motifs is 1. The second-order valence-electron chi connectivity index (χ2n) is 6.94. The number of hydrogen-bond donors (Lipinski definition) is 4. The van der Waals surface area contributed by atoms with Gasteiger partial charge in [0.05, 0.1) is 17.1 Å². The van der Waals surface area contributed by atoms with E-state index in [0.29, 0.717) is 10.9 Å². The highest BCUT2D eigenvalue weighted by Gasteiger charge is 2.19. The topological polar surface area (TPSA) is 125 Å². The van der Waals surface area contributed by atoms with E-state index in [4.69, 9.17) is 16.7 Å². The minimum Gasteiger partial charge on any atom is -0.480 e. The van der Waals surface area contributed by atoms with Gasteiger partial charge < -0.3 is 21.1 Å². The van der Waals surface area contributed by atoms with Gasteiger partial charge in [-0.3, -0.25) is 19.1 Å². The third-order valence-electron chi connectivity index (χ3n) is 4.55. The lowest BCUT2D eigenvalue weighted by atomic mass is 10.1. The van der Waals surface area contributed by atoms with E-state index < -0.39 is 36.8 Å². The Labute approximate surface area is 191 Å². The molecule has 0 saturated heterocycles. The summed E-state index contributed by atoms with van der Waals surface area (Å²) >= 11 is 5.94. The van der Waals surface area contributed by atoms with Crippen molar-refractivity contribution >= 4 is 46.0 Å². The minimum absolute atomic E-state index is 0.0129. The van der Waals surface area contributed by atoms with Crippen molar-refractivity contribution in [3.63, 3.8) is 0 Å². The molecular formula is C21H20ClF2N5O4. The Morgan fingerprint density at radius 1 is 1.18 bits per heavy atom. The number of carbonyl (C=O) groups is 3. The second kappa shape index (κ2) is 10.8. The summed E-state index contributed by atoms with van der Waals surface area (Å²) in [5.41, 5.74) is 0.633. The van der Waals surface area contributed by atoms with Gasteiger partial charge in [-0.25, -0.2) is 8.78 Å². The first-order chi connectivity index (χ1) is 15.8. The van der Waals surface area contributed by atoms with Crippen molar-refractivity contribution in [3.05, 3.63) is 58.5 Å². The number of benzene rings is 2. The zero-order valence-electron chi connectivity index (χ0n) is 17.2. The Hall–Kier alpha value is -3.57. The lowest BCUT2D eigenvalue weighted by Gasteiger charge is -2.11. The molecule has 174 valence electrons. The number of carboxylic acid groups (broad SMARTS) is 1. The molecule has 4 N–H and O–H groups in total. The van der Waals surface area contributed by atoms with E-state index in [1.54, 1.807) is 24.3 Å². The number of aromatic nitrogens is 2. The fourth-order valence-corrected chi connectivity index (χ4v) is 3.34. The molecule has 0 radical (unpaired) electrons. The minimum atomic E-state index is -1.12. The predicted molar refractivity (Wildman–Crippen MR) is 117 cm³/mol. The van der Waals surface area contributed by atoms with Crippen LogP contribution in [0.4, 0.5) is 14.5 Å². The molecule has 2 aromatic carbocycles. The van der Waals surface area contributed by atoms with Crippen molar-refractivity contribution in [3.8, 4) is 0 Å². The smallest absolute Gasteiger partial charge is 0.325 e. The summed E-state index contributed by atoms with van der Waals surface area (Å²) in [7, 11) is 0. The monoisotopic (exact) mass is 479 g/mol. The lowest BCUT2D eigenvalue weighted by molar-refractivity contribution is -0.137. The number of nitrogens with zero attached hydrogens (tertiary/aromatic N) is 2. The molecular weight excluding hydrogens is 460 g/mol. The van der Waals surface area contributed by atoms with E-state index in [-0.39, 0.29) is 41.6 Å². The van der Waals surface area contributed by atoms with Crippen LogP contribution in [0.1, 0.15) is 16.1 Å². The van der Waals surface area contributed by atoms with E-state index in [1.165, 1.54) is 16.8 Å². The molecule has 0 unspecified atom stereocenters. The van der Waals surface area contributed by atoms with Crippen molar-refractivity contribution in [2.45, 2.75) is 13.1 Å². The number of para-hydroxylation sites is 1. The summed E-state index contributed by atoms with van der Waals surface area (Å²) in [6, 6.07) is 9.16. The summed E-state index contributed by atoms with van der Waals surface area (Å²) < 4.78 is 27.7. The first-order valence-electron chi connectivity index (χ1n) is 9.80. The van der Waals surface area contributed by atoms with Crippen LogP contribution >= 0.6 is 11.6 Å². The zero-order valence-corrected chi connectivity index (χ0v) is 18.0. The molecule has 0 bridgehead atoms. The molecule has 0 aliphatic rings. The summed E-state index contributed by atoms with van der Waals surface area (Å²) in [4.78, 5) is 35.7. The third kappa shape index (κ3) is 6.02. The summed E-state index contributed by atoms with van der Waals surface area (Å²) in [5.74, 6) is -3.00. The number of aliphatic carboxylic acids is 1. The van der Waals surface area contributed by atoms with E-state index in [0.717, 1.165) is 0 Å². The van der Waals surface area contributed by atoms with Crippen LogP contribution in [-0.2, 0) is 22.7 Å². The number of anilines is 1. The average molecular weight is 480 g/mol. The van der Waals surface area contributed by atoms with Crippen LogP contribution in [0.5, 0.6) is 0 Å². The maximum atomic E-state index is 14.4. The Balaban J connectivity index is 1.79. The average Bonchev–Trinajstić information content (AvgIpc) is 3.13. The predicted octanol–water partition coefficient (Wildman–Crippen LogP) is 2.34. The number of halogens is 3. The van der Waals surface area contributed by atoms with Gasteiger partial charge in [-0.05, 0) is 18.2 Å². The van der Waals surface area contributed by atoms with E-state index >= 15 is 0 Å². The van der Waals surface area contributed by atoms with E-state index in [9.17, 15) is 23.2 Å². The molecule has 2 amide bonds. The Morgan fingerprint density at radius 2 is 1.94 bits per heavy atom. The Bertz CT molecular complexity index is 1200. The molecule has 0 saturated carbocycles. The number of nitrogens with one attached hydrogen (secondary N) is 3. The van der Waals surface area contributed by atoms with Gasteiger partial charge in [0.2, 0.25) is 5.91 Å². The number of rotatable bonds is 10. The molecule has 3 aromatic rings. The fraction of sp³-hybridized carbons (Fsp3) is 0.238. The van der Waals surface area contributed by atoms with Crippen LogP contribution in [0.2, 0.25) is 5.02 Å². The summed E-state index contributed by atoms with van der Waals surface area (Å²) in [6.45, 7) is -1.38. The van der Waals surface area contributed by atoms with Gasteiger partial charge in [-0.1, -0.05) is 29.8 Å². The molecule has 9 nitrogen and oxygen atoms in total. The maximum Gasteiger partial charge on any atom is 0.325 e. The molecule has 3 rings (SSSR count). The fourth-order valence-electron chi connectivity index (χ4n) is 3.11. The number of carboxylic acids is 1. The standard InChI is InChI=1S/C21H20ClF2N5O4/c22-15-8-13(7-12(19(15)24)9-26-17(30)10-25-6-5-23)27-21(33)20-14-3-1-2-4-16(14)29(28-20)11-18(31)32/h1-4,7-8,25H,5-6,9-11H2,(H,26,30)(H,27,33)(H,31,32). The van der Waals surface area contributed by atoms with Crippen molar-refractivity contribution in [2.24, 2.45) is 0 Å². The van der Waals surface area contributed by atoms with Crippen LogP contribution in [-0.4, -0.2) is 52.4 Å². The maximum absolute atomic E-state index is 14.4. The Kier molecular flexibility index (Phi) is 7.91. The normalized spacial score (nSPS) is 10.9. The van der Waals surface area contributed by atoms with Gasteiger partial charge in [-0.2, -0.15) is 5.10 Å². The van der Waals surface area contributed by atoms with E-state index in [2.05, 4.69) is 21.0 Å². The highest BCUT2D eigenvalue weighted by molar-refractivity contribution is 6.31. The molecule has 1 aromatic heterocycles. The molecule has 0 aliphatic carbocycles. The number of amides is 2. The largest absolute Gasteiger partial charge is 0.480 e. The van der Waals surface area contributed by atoms with Crippen LogP contribution in [0.25, 0.3) is 10.9 Å². The molecule has 1 heterocycles. The van der Waals surface area contributed by atoms with Crippen molar-refractivity contribution in [1.82, 2.24) is 20.4 Å². The molecule has 33 heavy (non-hydrogen) atoms. The van der Waals surface area contributed by atoms with Crippen molar-refractivity contribution < 1.29 is 28.3 Å². The van der Waals surface area contributed by atoms with Crippen molar-refractivity contribution in [2.75, 3.05) is 25.1 Å². The van der Waals surface area contributed by atoms with Gasteiger partial charge >= 0.3 is 5.97 Å². The molecule has 0 spiro atoms. The van der Waals surface area contributed by atoms with Crippen LogP contribution in [0.3, 0.4) is 0 Å². The quantitative estimate of drug-likeness (QED) is 0.331. The van der Waals surface area contributed by atoms with Gasteiger partial charge in [0.25, 0.3) is 5.91 Å². The molecule has 0 atom stereocenters. The van der Waals surface area contributed by atoms with Crippen LogP contribution in [0, 0.1) is 5.82 Å². The highest BCUT2D eigenvalue weighted by Crippen LogP contribution is 2.25. The number of carbonyl (C=O) groups excluding carboxylic acids is 2. The van der Waals surface area contributed by atoms with Gasteiger partial charge in [0.1, 0.15) is 19.0 Å². The van der Waals surface area contributed by atoms with Gasteiger partial charge in [0, 0.05) is 29.7 Å². The van der Waals surface area contributed by atoms with Crippen LogP contribution < -0.4 is 16.0 Å². The van der Waals surface area contributed by atoms with Crippen molar-refractivity contribution in [1.29, 1.82) is 0 Å². The zero-order chi connectivity index (χ0) is 24.0. The third-order valence-corrected chi connectivity index (χ3v) is 4.83. The molecule has 0 fully saturated rings. The number of alkyl halides is 1. The highest BCUT2D eigenvalue weighted by atomic mass is 35.5. The van der Waals surface area contributed by atoms with Gasteiger partial charge in [0.15, 0.2) is 5.69 Å². The Morgan fingerprint density at radius 3 is 2.67 bits per heavy atom.